The van der Waals surface area contributed by atoms with Crippen LogP contribution in [0.1, 0.15) is 5.69 Å². The van der Waals surface area contributed by atoms with E-state index < -0.39 is 26.2 Å². The summed E-state index contributed by atoms with van der Waals surface area (Å²) in [5.74, 6) is 0.730. The SMILES string of the molecule is COc1cccc(N2CCN(S(=O)(=O)c3c(C)[nH]c(=O)[nH]c3=O)CC2)c1. The lowest BCUT2D eigenvalue weighted by molar-refractivity contribution is 0.383. The first-order chi connectivity index (χ1) is 12.3. The average molecular weight is 380 g/mol. The van der Waals surface area contributed by atoms with E-state index in [4.69, 9.17) is 4.74 Å². The summed E-state index contributed by atoms with van der Waals surface area (Å²) in [4.78, 5) is 29.2. The van der Waals surface area contributed by atoms with Gasteiger partial charge in [0.1, 0.15) is 5.75 Å². The van der Waals surface area contributed by atoms with E-state index in [1.54, 1.807) is 7.11 Å². The molecule has 0 radical (unpaired) electrons. The first-order valence-corrected chi connectivity index (χ1v) is 9.49. The Morgan fingerprint density at radius 3 is 2.38 bits per heavy atom. The zero-order valence-electron chi connectivity index (χ0n) is 14.5. The van der Waals surface area contributed by atoms with Gasteiger partial charge in [-0.05, 0) is 19.1 Å². The van der Waals surface area contributed by atoms with Gasteiger partial charge in [-0.2, -0.15) is 4.31 Å². The predicted molar refractivity (Wildman–Crippen MR) is 96.4 cm³/mol. The zero-order chi connectivity index (χ0) is 18.9. The van der Waals surface area contributed by atoms with Gasteiger partial charge in [-0.25, -0.2) is 13.2 Å². The van der Waals surface area contributed by atoms with Crippen molar-refractivity contribution in [1.82, 2.24) is 14.3 Å². The lowest BCUT2D eigenvalue weighted by Crippen LogP contribution is -2.50. The quantitative estimate of drug-likeness (QED) is 0.765. The maximum absolute atomic E-state index is 12.8. The Labute approximate surface area is 150 Å². The Hall–Kier alpha value is -2.59. The van der Waals surface area contributed by atoms with Crippen LogP contribution in [-0.4, -0.2) is 56.0 Å². The number of aromatic nitrogens is 2. The van der Waals surface area contributed by atoms with Crippen molar-refractivity contribution < 1.29 is 13.2 Å². The van der Waals surface area contributed by atoms with Crippen molar-refractivity contribution in [2.75, 3.05) is 38.2 Å². The highest BCUT2D eigenvalue weighted by Gasteiger charge is 2.32. The molecular formula is C16H20N4O5S. The number of ether oxygens (including phenoxy) is 1. The van der Waals surface area contributed by atoms with E-state index in [2.05, 4.69) is 9.88 Å². The van der Waals surface area contributed by atoms with E-state index in [1.165, 1.54) is 11.2 Å². The molecular weight excluding hydrogens is 360 g/mol. The molecule has 0 bridgehead atoms. The Balaban J connectivity index is 1.81. The number of H-pyrrole nitrogens is 2. The molecule has 0 unspecified atom stereocenters. The normalized spacial score (nSPS) is 15.8. The molecule has 3 rings (SSSR count). The molecule has 0 atom stereocenters. The number of anilines is 1. The first kappa shape index (κ1) is 18.2. The molecule has 9 nitrogen and oxygen atoms in total. The molecule has 10 heteroatoms. The van der Waals surface area contributed by atoms with Crippen molar-refractivity contribution in [2.24, 2.45) is 0 Å². The topological polar surface area (TPSA) is 116 Å². The number of piperazine rings is 1. The van der Waals surface area contributed by atoms with E-state index in [0.29, 0.717) is 13.1 Å². The molecule has 26 heavy (non-hydrogen) atoms. The van der Waals surface area contributed by atoms with Gasteiger partial charge in [-0.3, -0.25) is 9.78 Å². The molecule has 1 aromatic heterocycles. The summed E-state index contributed by atoms with van der Waals surface area (Å²) in [5.41, 5.74) is -0.649. The number of benzene rings is 1. The smallest absolute Gasteiger partial charge is 0.325 e. The second-order valence-corrected chi connectivity index (χ2v) is 7.83. The minimum absolute atomic E-state index is 0.0361. The number of methoxy groups -OCH3 is 1. The largest absolute Gasteiger partial charge is 0.497 e. The van der Waals surface area contributed by atoms with Crippen molar-refractivity contribution in [3.8, 4) is 5.75 Å². The van der Waals surface area contributed by atoms with Crippen molar-refractivity contribution in [3.05, 3.63) is 50.8 Å². The number of aromatic amines is 2. The van der Waals surface area contributed by atoms with Crippen LogP contribution in [-0.2, 0) is 10.0 Å². The third-order valence-electron chi connectivity index (χ3n) is 4.33. The summed E-state index contributed by atoms with van der Waals surface area (Å²) in [7, 11) is -2.40. The van der Waals surface area contributed by atoms with E-state index >= 15 is 0 Å². The van der Waals surface area contributed by atoms with Gasteiger partial charge in [0.15, 0.2) is 4.90 Å². The van der Waals surface area contributed by atoms with Gasteiger partial charge in [-0.1, -0.05) is 6.07 Å². The fourth-order valence-electron chi connectivity index (χ4n) is 3.02. The first-order valence-electron chi connectivity index (χ1n) is 8.05. The predicted octanol–water partition coefficient (Wildman–Crippen LogP) is -0.109. The van der Waals surface area contributed by atoms with Crippen LogP contribution >= 0.6 is 0 Å². The number of nitrogens with zero attached hydrogens (tertiary/aromatic N) is 2. The summed E-state index contributed by atoms with van der Waals surface area (Å²) >= 11 is 0. The average Bonchev–Trinajstić information content (AvgIpc) is 2.60. The Kier molecular flexibility index (Phi) is 4.88. The fourth-order valence-corrected chi connectivity index (χ4v) is 4.65. The van der Waals surface area contributed by atoms with E-state index in [-0.39, 0.29) is 18.8 Å². The Bertz CT molecular complexity index is 1020. The molecule has 2 aromatic rings. The van der Waals surface area contributed by atoms with E-state index in [1.807, 2.05) is 29.2 Å². The lowest BCUT2D eigenvalue weighted by atomic mass is 10.2. The molecule has 1 aromatic carbocycles. The number of aryl methyl sites for hydroxylation is 1. The van der Waals surface area contributed by atoms with Crippen LogP contribution in [0.25, 0.3) is 0 Å². The number of sulfonamides is 1. The van der Waals surface area contributed by atoms with Gasteiger partial charge >= 0.3 is 5.69 Å². The van der Waals surface area contributed by atoms with Crippen molar-refractivity contribution in [3.63, 3.8) is 0 Å². The van der Waals surface area contributed by atoms with Crippen molar-refractivity contribution in [1.29, 1.82) is 0 Å². The van der Waals surface area contributed by atoms with Crippen LogP contribution in [0.2, 0.25) is 0 Å². The second-order valence-electron chi connectivity index (χ2n) is 5.95. The van der Waals surface area contributed by atoms with Crippen molar-refractivity contribution in [2.45, 2.75) is 11.8 Å². The summed E-state index contributed by atoms with van der Waals surface area (Å²) in [6.45, 7) is 2.82. The summed E-state index contributed by atoms with van der Waals surface area (Å²) in [5, 5.41) is 0. The highest BCUT2D eigenvalue weighted by molar-refractivity contribution is 7.89. The van der Waals surface area contributed by atoms with Crippen LogP contribution in [0.15, 0.2) is 38.8 Å². The standard InChI is InChI=1S/C16H20N4O5S/c1-11-14(15(21)18-16(22)17-11)26(23,24)20-8-6-19(7-9-20)12-4-3-5-13(10-12)25-2/h3-5,10H,6-9H2,1-2H3,(H2,17,18,21,22). The summed E-state index contributed by atoms with van der Waals surface area (Å²) in [6.07, 6.45) is 0. The zero-order valence-corrected chi connectivity index (χ0v) is 15.3. The molecule has 140 valence electrons. The Morgan fingerprint density at radius 2 is 1.77 bits per heavy atom. The van der Waals surface area contributed by atoms with Gasteiger partial charge < -0.3 is 14.6 Å². The van der Waals surface area contributed by atoms with Gasteiger partial charge in [-0.15, -0.1) is 0 Å². The van der Waals surface area contributed by atoms with E-state index in [0.717, 1.165) is 11.4 Å². The maximum Gasteiger partial charge on any atom is 0.325 e. The van der Waals surface area contributed by atoms with Crippen LogP contribution < -0.4 is 20.9 Å². The Morgan fingerprint density at radius 1 is 1.08 bits per heavy atom. The van der Waals surface area contributed by atoms with Crippen LogP contribution in [0.3, 0.4) is 0 Å². The van der Waals surface area contributed by atoms with Crippen LogP contribution in [0.5, 0.6) is 5.75 Å². The van der Waals surface area contributed by atoms with Crippen molar-refractivity contribution >= 4 is 15.7 Å². The molecule has 1 fully saturated rings. The molecule has 0 aliphatic carbocycles. The summed E-state index contributed by atoms with van der Waals surface area (Å²) in [6, 6.07) is 7.54. The third kappa shape index (κ3) is 3.37. The molecule has 1 aliphatic rings. The minimum atomic E-state index is -3.99. The van der Waals surface area contributed by atoms with Crippen LogP contribution in [0.4, 0.5) is 5.69 Å². The number of nitrogens with one attached hydrogen (secondary N) is 2. The van der Waals surface area contributed by atoms with Gasteiger partial charge in [0.05, 0.1) is 7.11 Å². The van der Waals surface area contributed by atoms with Gasteiger partial charge in [0.2, 0.25) is 10.0 Å². The molecule has 1 aliphatic heterocycles. The highest BCUT2D eigenvalue weighted by Crippen LogP contribution is 2.23. The van der Waals surface area contributed by atoms with Crippen LogP contribution in [0, 0.1) is 6.92 Å². The maximum atomic E-state index is 12.8. The number of hydrogen-bond donors (Lipinski definition) is 2. The molecule has 0 spiro atoms. The molecule has 0 saturated carbocycles. The van der Waals surface area contributed by atoms with Gasteiger partial charge in [0, 0.05) is 43.6 Å². The number of hydrogen-bond acceptors (Lipinski definition) is 6. The molecule has 2 N–H and O–H groups in total. The molecule has 1 saturated heterocycles. The van der Waals surface area contributed by atoms with E-state index in [9.17, 15) is 18.0 Å². The number of rotatable bonds is 4. The highest BCUT2D eigenvalue weighted by atomic mass is 32.2. The monoisotopic (exact) mass is 380 g/mol. The molecule has 2 heterocycles. The fraction of sp³-hybridized carbons (Fsp3) is 0.375. The third-order valence-corrected chi connectivity index (χ3v) is 6.38. The molecule has 0 amide bonds. The minimum Gasteiger partial charge on any atom is -0.497 e. The van der Waals surface area contributed by atoms with Gasteiger partial charge in [0.25, 0.3) is 5.56 Å². The second kappa shape index (κ2) is 6.96. The lowest BCUT2D eigenvalue weighted by Gasteiger charge is -2.35. The summed E-state index contributed by atoms with van der Waals surface area (Å²) < 4.78 is 32.1.